The van der Waals surface area contributed by atoms with Crippen LogP contribution in [0.4, 0.5) is 11.5 Å². The minimum Gasteiger partial charge on any atom is -0.478 e. The van der Waals surface area contributed by atoms with E-state index >= 15 is 0 Å². The third-order valence-corrected chi connectivity index (χ3v) is 4.31. The summed E-state index contributed by atoms with van der Waals surface area (Å²) in [5.41, 5.74) is 7.23. The van der Waals surface area contributed by atoms with Gasteiger partial charge >= 0.3 is 5.97 Å². The minimum atomic E-state index is -1.02. The number of carboxylic acid groups (broad SMARTS) is 1. The molecule has 6 heteroatoms. The molecule has 0 amide bonds. The van der Waals surface area contributed by atoms with Gasteiger partial charge in [0.2, 0.25) is 0 Å². The molecular formula is C13H13N3O2S. The first-order valence-electron chi connectivity index (χ1n) is 5.94. The summed E-state index contributed by atoms with van der Waals surface area (Å²) >= 11 is 1.77. The average molecular weight is 275 g/mol. The van der Waals surface area contributed by atoms with Crippen molar-refractivity contribution in [3.63, 3.8) is 0 Å². The van der Waals surface area contributed by atoms with Crippen LogP contribution in [0, 0.1) is 0 Å². The molecule has 0 unspecified atom stereocenters. The lowest BCUT2D eigenvalue weighted by Crippen LogP contribution is -2.30. The third kappa shape index (κ3) is 2.15. The lowest BCUT2D eigenvalue weighted by atomic mass is 10.1. The summed E-state index contributed by atoms with van der Waals surface area (Å²) in [5.74, 6) is -0.349. The van der Waals surface area contributed by atoms with Gasteiger partial charge in [-0.15, -0.1) is 11.3 Å². The summed E-state index contributed by atoms with van der Waals surface area (Å²) in [6, 6.07) is 3.66. The van der Waals surface area contributed by atoms with Crippen LogP contribution in [0.5, 0.6) is 0 Å². The second-order valence-electron chi connectivity index (χ2n) is 4.48. The van der Waals surface area contributed by atoms with E-state index in [4.69, 9.17) is 10.8 Å². The second-order valence-corrected chi connectivity index (χ2v) is 5.48. The Balaban J connectivity index is 1.92. The zero-order valence-corrected chi connectivity index (χ0v) is 11.0. The van der Waals surface area contributed by atoms with Gasteiger partial charge in [0.15, 0.2) is 0 Å². The zero-order valence-electron chi connectivity index (χ0n) is 10.2. The number of carbonyl (C=O) groups is 1. The topological polar surface area (TPSA) is 79.5 Å². The summed E-state index contributed by atoms with van der Waals surface area (Å²) in [6.07, 6.45) is 2.39. The molecule has 3 rings (SSSR count). The first-order valence-corrected chi connectivity index (χ1v) is 6.82. The Hall–Kier alpha value is -2.08. The van der Waals surface area contributed by atoms with Crippen LogP contribution in [0.25, 0.3) is 0 Å². The molecule has 0 aliphatic carbocycles. The molecule has 3 N–H and O–H groups in total. The SMILES string of the molecule is Nc1cnc(N2CCc3sccc3C2)cc1C(=O)O. The molecule has 0 fully saturated rings. The zero-order chi connectivity index (χ0) is 13.4. The number of thiophene rings is 1. The van der Waals surface area contributed by atoms with Crippen molar-refractivity contribution in [2.75, 3.05) is 17.2 Å². The Morgan fingerprint density at radius 2 is 2.37 bits per heavy atom. The fourth-order valence-electron chi connectivity index (χ4n) is 2.26. The number of aromatic carboxylic acids is 1. The van der Waals surface area contributed by atoms with Crippen LogP contribution in [0.3, 0.4) is 0 Å². The number of nitrogen functional groups attached to an aromatic ring is 1. The number of carboxylic acids is 1. The highest BCUT2D eigenvalue weighted by Crippen LogP contribution is 2.28. The van der Waals surface area contributed by atoms with E-state index in [1.807, 2.05) is 0 Å². The van der Waals surface area contributed by atoms with Gasteiger partial charge in [0.25, 0.3) is 0 Å². The van der Waals surface area contributed by atoms with Gasteiger partial charge in [-0.1, -0.05) is 0 Å². The minimum absolute atomic E-state index is 0.112. The van der Waals surface area contributed by atoms with Gasteiger partial charge in [-0.3, -0.25) is 0 Å². The summed E-state index contributed by atoms with van der Waals surface area (Å²) in [5, 5.41) is 11.2. The predicted molar refractivity (Wildman–Crippen MR) is 74.7 cm³/mol. The van der Waals surface area contributed by atoms with Crippen LogP contribution in [0.15, 0.2) is 23.7 Å². The molecule has 0 spiro atoms. The van der Waals surface area contributed by atoms with Gasteiger partial charge in [0.1, 0.15) is 5.82 Å². The normalized spacial score (nSPS) is 14.2. The van der Waals surface area contributed by atoms with E-state index in [0.717, 1.165) is 19.5 Å². The number of fused-ring (bicyclic) bond motifs is 1. The van der Waals surface area contributed by atoms with Crippen LogP contribution < -0.4 is 10.6 Å². The van der Waals surface area contributed by atoms with Crippen LogP contribution >= 0.6 is 11.3 Å². The molecule has 19 heavy (non-hydrogen) atoms. The van der Waals surface area contributed by atoms with Gasteiger partial charge in [-0.25, -0.2) is 9.78 Å². The summed E-state index contributed by atoms with van der Waals surface area (Å²) < 4.78 is 0. The predicted octanol–water partition coefficient (Wildman–Crippen LogP) is 1.99. The molecule has 2 aromatic heterocycles. The fraction of sp³-hybridized carbons (Fsp3) is 0.231. The van der Waals surface area contributed by atoms with Crippen molar-refractivity contribution in [2.24, 2.45) is 0 Å². The largest absolute Gasteiger partial charge is 0.478 e. The van der Waals surface area contributed by atoms with Crippen molar-refractivity contribution < 1.29 is 9.90 Å². The molecule has 0 atom stereocenters. The first-order chi connectivity index (χ1) is 9.15. The van der Waals surface area contributed by atoms with E-state index in [1.54, 1.807) is 17.4 Å². The Morgan fingerprint density at radius 1 is 1.53 bits per heavy atom. The van der Waals surface area contributed by atoms with Gasteiger partial charge < -0.3 is 15.7 Å². The van der Waals surface area contributed by atoms with Crippen molar-refractivity contribution >= 4 is 28.8 Å². The smallest absolute Gasteiger partial charge is 0.337 e. The third-order valence-electron chi connectivity index (χ3n) is 3.28. The van der Waals surface area contributed by atoms with Crippen LogP contribution in [-0.4, -0.2) is 22.6 Å². The monoisotopic (exact) mass is 275 g/mol. The highest BCUT2D eigenvalue weighted by atomic mass is 32.1. The molecule has 1 aliphatic rings. The molecule has 98 valence electrons. The number of hydrogen-bond acceptors (Lipinski definition) is 5. The van der Waals surface area contributed by atoms with Gasteiger partial charge in [-0.05, 0) is 29.5 Å². The molecule has 1 aliphatic heterocycles. The Bertz CT molecular complexity index is 639. The maximum absolute atomic E-state index is 11.1. The van der Waals surface area contributed by atoms with Crippen molar-refractivity contribution in [2.45, 2.75) is 13.0 Å². The van der Waals surface area contributed by atoms with E-state index in [0.29, 0.717) is 5.82 Å². The highest BCUT2D eigenvalue weighted by molar-refractivity contribution is 7.10. The number of anilines is 2. The standard InChI is InChI=1S/C13H13N3O2S/c14-10-6-15-12(5-9(10)13(17)18)16-3-1-11-8(7-16)2-4-19-11/h2,4-6H,1,3,7,14H2,(H,17,18). The second kappa shape index (κ2) is 4.55. The molecular weight excluding hydrogens is 262 g/mol. The van der Waals surface area contributed by atoms with Crippen molar-refractivity contribution in [3.8, 4) is 0 Å². The lowest BCUT2D eigenvalue weighted by molar-refractivity contribution is 0.0698. The van der Waals surface area contributed by atoms with Crippen molar-refractivity contribution in [3.05, 3.63) is 39.7 Å². The van der Waals surface area contributed by atoms with Gasteiger partial charge in [-0.2, -0.15) is 0 Å². The van der Waals surface area contributed by atoms with Crippen LogP contribution in [0.1, 0.15) is 20.8 Å². The Labute approximate surface area is 114 Å². The quantitative estimate of drug-likeness (QED) is 0.876. The highest BCUT2D eigenvalue weighted by Gasteiger charge is 2.20. The van der Waals surface area contributed by atoms with E-state index in [9.17, 15) is 4.79 Å². The average Bonchev–Trinajstić information content (AvgIpc) is 2.86. The molecule has 0 saturated carbocycles. The molecule has 5 nitrogen and oxygen atoms in total. The Kier molecular flexibility index (Phi) is 2.87. The molecule has 0 aromatic carbocycles. The summed E-state index contributed by atoms with van der Waals surface area (Å²) in [6.45, 7) is 1.62. The first kappa shape index (κ1) is 12.0. The molecule has 0 bridgehead atoms. The van der Waals surface area contributed by atoms with E-state index < -0.39 is 5.97 Å². The van der Waals surface area contributed by atoms with Crippen molar-refractivity contribution in [1.82, 2.24) is 4.98 Å². The number of nitrogens with two attached hydrogens (primary N) is 1. The molecule has 0 saturated heterocycles. The summed E-state index contributed by atoms with van der Waals surface area (Å²) in [7, 11) is 0. The summed E-state index contributed by atoms with van der Waals surface area (Å²) in [4.78, 5) is 18.8. The van der Waals surface area contributed by atoms with Gasteiger partial charge in [0.05, 0.1) is 17.4 Å². The number of rotatable bonds is 2. The van der Waals surface area contributed by atoms with Crippen LogP contribution in [0.2, 0.25) is 0 Å². The van der Waals surface area contributed by atoms with Crippen molar-refractivity contribution in [1.29, 1.82) is 0 Å². The van der Waals surface area contributed by atoms with Crippen LogP contribution in [-0.2, 0) is 13.0 Å². The Morgan fingerprint density at radius 3 is 3.16 bits per heavy atom. The van der Waals surface area contributed by atoms with E-state index in [-0.39, 0.29) is 11.3 Å². The van der Waals surface area contributed by atoms with Gasteiger partial charge in [0, 0.05) is 18.0 Å². The maximum atomic E-state index is 11.1. The number of hydrogen-bond donors (Lipinski definition) is 2. The number of pyridine rings is 1. The molecule has 0 radical (unpaired) electrons. The lowest BCUT2D eigenvalue weighted by Gasteiger charge is -2.28. The molecule has 3 heterocycles. The maximum Gasteiger partial charge on any atom is 0.337 e. The van der Waals surface area contributed by atoms with E-state index in [1.165, 1.54) is 16.6 Å². The molecule has 2 aromatic rings. The van der Waals surface area contributed by atoms with E-state index in [2.05, 4.69) is 21.3 Å². The number of aromatic nitrogens is 1. The fourth-order valence-corrected chi connectivity index (χ4v) is 3.15. The number of nitrogens with zero attached hydrogens (tertiary/aromatic N) is 2.